The van der Waals surface area contributed by atoms with Gasteiger partial charge >= 0.3 is 0 Å². The van der Waals surface area contributed by atoms with Crippen LogP contribution in [0.1, 0.15) is 59.2 Å². The standard InChI is InChI=1S/C30H35N7.C6H7N3O.2C2H6/c1-4-6-8-23(5-2)26-14-15-27-30(33-26)37(29(34-27)25-9-7-16-32-28(25)31)24-12-10-22(11-13-24)21-36-19-17-35(3)18-20-36;7-2-1-5(4-10)6(9)3-8;2*1-2/h5-16H,4,17-21H2,1-3H3,(H2,31,32);1-2,4H,7,9H2;2*1-2H3/b8-6-,23-5+;2-1-,6-5+;;. The number of piperazine rings is 1. The number of allylic oxidation sites excluding steroid dienone is 7. The van der Waals surface area contributed by atoms with Crippen molar-refractivity contribution < 1.29 is 4.79 Å². The summed E-state index contributed by atoms with van der Waals surface area (Å²) in [6.45, 7) is 17.6. The van der Waals surface area contributed by atoms with Gasteiger partial charge in [-0.15, -0.1) is 0 Å². The number of nitrogens with two attached hydrogens (primary N) is 3. The van der Waals surface area contributed by atoms with Crippen LogP contribution >= 0.6 is 0 Å². The number of imidazole rings is 1. The summed E-state index contributed by atoms with van der Waals surface area (Å²) in [5.74, 6) is 1.19. The normalized spacial score (nSPS) is 14.0. The molecule has 3 aromatic heterocycles. The molecule has 270 valence electrons. The first-order chi connectivity index (χ1) is 24.8. The molecule has 11 nitrogen and oxygen atoms in total. The molecule has 1 saturated heterocycles. The van der Waals surface area contributed by atoms with Crippen molar-refractivity contribution in [1.29, 1.82) is 5.26 Å². The molecular weight excluding hydrogens is 637 g/mol. The quantitative estimate of drug-likeness (QED) is 0.0750. The van der Waals surface area contributed by atoms with Gasteiger partial charge in [0.15, 0.2) is 17.8 Å². The average Bonchev–Trinajstić information content (AvgIpc) is 3.55. The monoisotopic (exact) mass is 690 g/mol. The van der Waals surface area contributed by atoms with Crippen molar-refractivity contribution in [2.75, 3.05) is 39.0 Å². The molecule has 0 unspecified atom stereocenters. The molecule has 0 spiro atoms. The van der Waals surface area contributed by atoms with E-state index in [1.54, 1.807) is 12.3 Å². The smallest absolute Gasteiger partial charge is 0.165 e. The minimum absolute atomic E-state index is 0.102. The Kier molecular flexibility index (Phi) is 18.1. The third-order valence-electron chi connectivity index (χ3n) is 7.75. The number of likely N-dealkylation sites (N-methyl/N-ethyl adjacent to an activating group) is 1. The van der Waals surface area contributed by atoms with Gasteiger partial charge in [0.25, 0.3) is 0 Å². The SMILES string of the molecule is C/C=C(\C=C/CC)c1ccc2nc(-c3cccnc3N)n(-c3ccc(CN4CCN(C)CC4)cc3)c2n1.CC.CC.N#C/C(N)=C(C=O)/C=C\N. The van der Waals surface area contributed by atoms with Crippen LogP contribution in [0, 0.1) is 11.3 Å². The van der Waals surface area contributed by atoms with Crippen LogP contribution in [0.4, 0.5) is 5.82 Å². The summed E-state index contributed by atoms with van der Waals surface area (Å²) in [5, 5.41) is 8.20. The Hall–Kier alpha value is -5.57. The predicted octanol–water partition coefficient (Wildman–Crippen LogP) is 6.63. The zero-order chi connectivity index (χ0) is 37.8. The lowest BCUT2D eigenvalue weighted by molar-refractivity contribution is -0.104. The van der Waals surface area contributed by atoms with E-state index < -0.39 is 0 Å². The van der Waals surface area contributed by atoms with Gasteiger partial charge in [-0.05, 0) is 80.2 Å². The molecule has 1 aromatic carbocycles. The van der Waals surface area contributed by atoms with Crippen molar-refractivity contribution in [3.05, 3.63) is 108 Å². The minimum atomic E-state index is -0.128. The van der Waals surface area contributed by atoms with E-state index in [1.165, 1.54) is 11.6 Å². The van der Waals surface area contributed by atoms with Gasteiger partial charge in [0.05, 0.1) is 11.3 Å². The van der Waals surface area contributed by atoms with Crippen LogP contribution < -0.4 is 17.2 Å². The Bertz CT molecular complexity index is 1840. The number of rotatable bonds is 9. The molecule has 0 bridgehead atoms. The van der Waals surface area contributed by atoms with Crippen molar-refractivity contribution in [1.82, 2.24) is 29.3 Å². The molecular formula is C40H54N10O. The Balaban J connectivity index is 0.000000553. The van der Waals surface area contributed by atoms with Crippen molar-refractivity contribution in [2.45, 2.75) is 54.5 Å². The average molecular weight is 691 g/mol. The molecule has 0 atom stereocenters. The van der Waals surface area contributed by atoms with Crippen LogP contribution in [0.25, 0.3) is 33.8 Å². The number of benzene rings is 1. The number of anilines is 1. The maximum absolute atomic E-state index is 10.1. The first-order valence-electron chi connectivity index (χ1n) is 17.5. The van der Waals surface area contributed by atoms with E-state index in [2.05, 4.69) is 75.8 Å². The highest BCUT2D eigenvalue weighted by molar-refractivity contribution is 5.85. The van der Waals surface area contributed by atoms with Gasteiger partial charge in [-0.2, -0.15) is 5.26 Å². The molecule has 0 amide bonds. The number of nitrogens with zero attached hydrogens (tertiary/aromatic N) is 7. The molecule has 51 heavy (non-hydrogen) atoms. The van der Waals surface area contributed by atoms with Gasteiger partial charge in [0.2, 0.25) is 0 Å². The topological polar surface area (TPSA) is 169 Å². The molecule has 4 aromatic rings. The molecule has 5 rings (SSSR count). The van der Waals surface area contributed by atoms with Gasteiger partial charge in [-0.25, -0.2) is 15.0 Å². The lowest BCUT2D eigenvalue weighted by atomic mass is 10.1. The van der Waals surface area contributed by atoms with E-state index in [1.807, 2.05) is 58.9 Å². The van der Waals surface area contributed by atoms with Gasteiger partial charge in [0.1, 0.15) is 23.1 Å². The summed E-state index contributed by atoms with van der Waals surface area (Å²) in [6.07, 6.45) is 11.9. The number of aldehydes is 1. The van der Waals surface area contributed by atoms with Crippen molar-refractivity contribution in [3.63, 3.8) is 0 Å². The fourth-order valence-corrected chi connectivity index (χ4v) is 5.10. The molecule has 4 heterocycles. The summed E-state index contributed by atoms with van der Waals surface area (Å²) in [7, 11) is 2.19. The van der Waals surface area contributed by atoms with Gasteiger partial charge in [-0.1, -0.05) is 65.0 Å². The van der Waals surface area contributed by atoms with Crippen LogP contribution in [-0.2, 0) is 11.3 Å². The second kappa shape index (κ2) is 22.2. The summed E-state index contributed by atoms with van der Waals surface area (Å²) < 4.78 is 2.10. The second-order valence-electron chi connectivity index (χ2n) is 11.0. The first kappa shape index (κ1) is 41.6. The summed E-state index contributed by atoms with van der Waals surface area (Å²) >= 11 is 0. The maximum atomic E-state index is 10.1. The molecule has 11 heteroatoms. The highest BCUT2D eigenvalue weighted by Gasteiger charge is 2.19. The van der Waals surface area contributed by atoms with Crippen LogP contribution in [0.5, 0.6) is 0 Å². The molecule has 1 fully saturated rings. The van der Waals surface area contributed by atoms with Gasteiger partial charge < -0.3 is 22.1 Å². The minimum Gasteiger partial charge on any atom is -0.405 e. The number of aromatic nitrogens is 4. The van der Waals surface area contributed by atoms with Gasteiger partial charge in [0, 0.05) is 50.2 Å². The van der Waals surface area contributed by atoms with E-state index in [-0.39, 0.29) is 11.3 Å². The Labute approximate surface area is 303 Å². The van der Waals surface area contributed by atoms with Crippen molar-refractivity contribution in [3.8, 4) is 23.1 Å². The van der Waals surface area contributed by atoms with E-state index in [9.17, 15) is 4.79 Å². The summed E-state index contributed by atoms with van der Waals surface area (Å²) in [4.78, 5) is 29.4. The molecule has 0 radical (unpaired) electrons. The number of carbonyl (C=O) groups is 1. The fraction of sp³-hybridized carbons (Fsp3) is 0.325. The van der Waals surface area contributed by atoms with Crippen LogP contribution in [0.15, 0.2) is 96.5 Å². The number of fused-ring (bicyclic) bond motifs is 1. The van der Waals surface area contributed by atoms with Crippen LogP contribution in [0.2, 0.25) is 0 Å². The third kappa shape index (κ3) is 11.5. The molecule has 1 aliphatic heterocycles. The lowest BCUT2D eigenvalue weighted by Gasteiger charge is -2.32. The number of hydrogen-bond acceptors (Lipinski definition) is 10. The highest BCUT2D eigenvalue weighted by Crippen LogP contribution is 2.31. The number of nitrogen functional groups attached to an aromatic ring is 1. The summed E-state index contributed by atoms with van der Waals surface area (Å²) in [6, 6.07) is 18.3. The Morgan fingerprint density at radius 2 is 1.67 bits per heavy atom. The summed E-state index contributed by atoms with van der Waals surface area (Å²) in [5.41, 5.74) is 23.0. The zero-order valence-corrected chi connectivity index (χ0v) is 31.2. The number of carbonyl (C=O) groups excluding carboxylic acids is 1. The maximum Gasteiger partial charge on any atom is 0.165 e. The predicted molar refractivity (Wildman–Crippen MR) is 211 cm³/mol. The molecule has 6 N–H and O–H groups in total. The van der Waals surface area contributed by atoms with Crippen molar-refractivity contribution in [2.24, 2.45) is 11.5 Å². The Morgan fingerprint density at radius 1 is 0.980 bits per heavy atom. The van der Waals surface area contributed by atoms with E-state index in [4.69, 9.17) is 32.4 Å². The second-order valence-corrected chi connectivity index (χ2v) is 11.0. The number of pyridine rings is 2. The molecule has 1 aliphatic rings. The largest absolute Gasteiger partial charge is 0.405 e. The number of hydrogen-bond donors (Lipinski definition) is 3. The third-order valence-corrected chi connectivity index (χ3v) is 7.75. The van der Waals surface area contributed by atoms with Crippen molar-refractivity contribution >= 4 is 28.8 Å². The van der Waals surface area contributed by atoms with Gasteiger partial charge in [-0.3, -0.25) is 14.3 Å². The molecule has 0 saturated carbocycles. The lowest BCUT2D eigenvalue weighted by Crippen LogP contribution is -2.43. The van der Waals surface area contributed by atoms with Crippen LogP contribution in [-0.4, -0.2) is 68.8 Å². The van der Waals surface area contributed by atoms with E-state index in [0.29, 0.717) is 12.1 Å². The fourth-order valence-electron chi connectivity index (χ4n) is 5.10. The van der Waals surface area contributed by atoms with E-state index >= 15 is 0 Å². The highest BCUT2D eigenvalue weighted by atomic mass is 16.1. The number of nitriles is 1. The van der Waals surface area contributed by atoms with Crippen LogP contribution in [0.3, 0.4) is 0 Å². The molecule has 0 aliphatic carbocycles. The Morgan fingerprint density at radius 3 is 2.24 bits per heavy atom. The first-order valence-corrected chi connectivity index (χ1v) is 17.5. The van der Waals surface area contributed by atoms with E-state index in [0.717, 1.165) is 84.9 Å². The zero-order valence-electron chi connectivity index (χ0n) is 31.2.